The Morgan fingerprint density at radius 3 is 2.14 bits per heavy atom. The zero-order valence-electron chi connectivity index (χ0n) is 11.8. The largest absolute Gasteiger partial charge is 0.334 e. The van der Waals surface area contributed by atoms with Crippen molar-refractivity contribution >= 4 is 11.7 Å². The van der Waals surface area contributed by atoms with E-state index >= 15 is 0 Å². The number of amides is 1. The molecule has 2 unspecified atom stereocenters. The van der Waals surface area contributed by atoms with Crippen LogP contribution in [0.5, 0.6) is 0 Å². The first-order valence-corrected chi connectivity index (χ1v) is 6.94. The average Bonchev–Trinajstić information content (AvgIpc) is 2.84. The first-order chi connectivity index (χ1) is 10.2. The smallest absolute Gasteiger partial charge is 0.227 e. The molecule has 0 aromatic heterocycles. The molecule has 1 aliphatic rings. The molecule has 2 aromatic carbocycles. The molecule has 3 nitrogen and oxygen atoms in total. The highest BCUT2D eigenvalue weighted by atomic mass is 16.2. The van der Waals surface area contributed by atoms with E-state index in [1.54, 1.807) is 25.6 Å². The minimum atomic E-state index is -0.470. The molecule has 1 radical (unpaired) electrons. The Bertz CT molecular complexity index is 651. The SMILES string of the molecule is CN1C(=O)[CH]C(c2ccccc2)C1C(=O)c1ccccc1. The van der Waals surface area contributed by atoms with Gasteiger partial charge in [0.15, 0.2) is 5.78 Å². The Morgan fingerprint density at radius 1 is 0.952 bits per heavy atom. The van der Waals surface area contributed by atoms with E-state index in [-0.39, 0.29) is 17.6 Å². The fraction of sp³-hybridized carbons (Fsp3) is 0.167. The van der Waals surface area contributed by atoms with Crippen molar-refractivity contribution in [2.24, 2.45) is 0 Å². The maximum absolute atomic E-state index is 12.8. The molecule has 1 heterocycles. The number of ketones is 1. The second-order valence-corrected chi connectivity index (χ2v) is 5.23. The Morgan fingerprint density at radius 2 is 1.52 bits per heavy atom. The van der Waals surface area contributed by atoms with E-state index in [0.717, 1.165) is 5.56 Å². The number of likely N-dealkylation sites (tertiary alicyclic amines) is 1. The fourth-order valence-corrected chi connectivity index (χ4v) is 2.81. The van der Waals surface area contributed by atoms with Gasteiger partial charge in [-0.15, -0.1) is 0 Å². The molecule has 21 heavy (non-hydrogen) atoms. The molecule has 1 fully saturated rings. The van der Waals surface area contributed by atoms with Gasteiger partial charge < -0.3 is 4.90 Å². The van der Waals surface area contributed by atoms with Crippen LogP contribution in [0.1, 0.15) is 21.8 Å². The third kappa shape index (κ3) is 2.47. The van der Waals surface area contributed by atoms with Gasteiger partial charge >= 0.3 is 0 Å². The monoisotopic (exact) mass is 278 g/mol. The summed E-state index contributed by atoms with van der Waals surface area (Å²) in [5.41, 5.74) is 1.63. The highest BCUT2D eigenvalue weighted by Gasteiger charge is 2.43. The summed E-state index contributed by atoms with van der Waals surface area (Å²) in [5.74, 6) is -0.316. The lowest BCUT2D eigenvalue weighted by molar-refractivity contribution is -0.124. The number of hydrogen-bond acceptors (Lipinski definition) is 2. The molecule has 0 saturated carbocycles. The summed E-state index contributed by atoms with van der Waals surface area (Å²) in [7, 11) is 1.69. The molecule has 1 saturated heterocycles. The van der Waals surface area contributed by atoms with Gasteiger partial charge in [0.1, 0.15) is 6.04 Å². The van der Waals surface area contributed by atoms with E-state index in [1.165, 1.54) is 4.90 Å². The highest BCUT2D eigenvalue weighted by molar-refractivity contribution is 6.06. The lowest BCUT2D eigenvalue weighted by Gasteiger charge is -2.24. The van der Waals surface area contributed by atoms with E-state index in [9.17, 15) is 9.59 Å². The van der Waals surface area contributed by atoms with E-state index in [2.05, 4.69) is 0 Å². The van der Waals surface area contributed by atoms with E-state index in [0.29, 0.717) is 5.56 Å². The minimum Gasteiger partial charge on any atom is -0.334 e. The maximum Gasteiger partial charge on any atom is 0.227 e. The number of hydrogen-bond donors (Lipinski definition) is 0. The van der Waals surface area contributed by atoms with Crippen LogP contribution in [0.4, 0.5) is 0 Å². The van der Waals surface area contributed by atoms with Crippen molar-refractivity contribution in [3.05, 3.63) is 78.2 Å². The Balaban J connectivity index is 1.97. The lowest BCUT2D eigenvalue weighted by Crippen LogP contribution is -2.38. The van der Waals surface area contributed by atoms with Crippen LogP contribution in [-0.2, 0) is 4.79 Å². The van der Waals surface area contributed by atoms with Crippen molar-refractivity contribution in [3.63, 3.8) is 0 Å². The molecule has 105 valence electrons. The van der Waals surface area contributed by atoms with Gasteiger partial charge in [0.05, 0.1) is 6.42 Å². The van der Waals surface area contributed by atoms with Gasteiger partial charge in [-0.1, -0.05) is 60.7 Å². The summed E-state index contributed by atoms with van der Waals surface area (Å²) in [6.07, 6.45) is 1.64. The number of benzene rings is 2. The number of carbonyl (C=O) groups is 2. The Kier molecular flexibility index (Phi) is 3.57. The van der Waals surface area contributed by atoms with Crippen molar-refractivity contribution in [3.8, 4) is 0 Å². The molecule has 0 spiro atoms. The van der Waals surface area contributed by atoms with Crippen molar-refractivity contribution in [1.29, 1.82) is 0 Å². The molecular weight excluding hydrogens is 262 g/mol. The van der Waals surface area contributed by atoms with Crippen molar-refractivity contribution < 1.29 is 9.59 Å². The van der Waals surface area contributed by atoms with Gasteiger partial charge in [0.2, 0.25) is 5.91 Å². The molecule has 0 N–H and O–H groups in total. The predicted molar refractivity (Wildman–Crippen MR) is 80.8 cm³/mol. The molecule has 3 rings (SSSR count). The van der Waals surface area contributed by atoms with Gasteiger partial charge in [-0.25, -0.2) is 0 Å². The maximum atomic E-state index is 12.8. The van der Waals surface area contributed by atoms with Gasteiger partial charge in [-0.3, -0.25) is 9.59 Å². The van der Waals surface area contributed by atoms with Gasteiger partial charge in [-0.2, -0.15) is 0 Å². The van der Waals surface area contributed by atoms with Crippen LogP contribution in [0.2, 0.25) is 0 Å². The number of carbonyl (C=O) groups excluding carboxylic acids is 2. The van der Waals surface area contributed by atoms with E-state index < -0.39 is 6.04 Å². The summed E-state index contributed by atoms with van der Waals surface area (Å²) in [6.45, 7) is 0. The van der Waals surface area contributed by atoms with Crippen LogP contribution in [0.15, 0.2) is 60.7 Å². The minimum absolute atomic E-state index is 0.0194. The van der Waals surface area contributed by atoms with Crippen LogP contribution in [0.25, 0.3) is 0 Å². The van der Waals surface area contributed by atoms with Crippen LogP contribution in [0.3, 0.4) is 0 Å². The van der Waals surface area contributed by atoms with Crippen LogP contribution in [0, 0.1) is 6.42 Å². The zero-order chi connectivity index (χ0) is 14.8. The van der Waals surface area contributed by atoms with Crippen LogP contribution < -0.4 is 0 Å². The highest BCUT2D eigenvalue weighted by Crippen LogP contribution is 2.34. The number of likely N-dealkylation sites (N-methyl/N-ethyl adjacent to an activating group) is 1. The number of nitrogens with zero attached hydrogens (tertiary/aromatic N) is 1. The molecule has 1 amide bonds. The van der Waals surface area contributed by atoms with Gasteiger partial charge in [0.25, 0.3) is 0 Å². The predicted octanol–water partition coefficient (Wildman–Crippen LogP) is 2.70. The Hall–Kier alpha value is -2.42. The first kappa shape index (κ1) is 13.6. The second kappa shape index (κ2) is 5.52. The normalized spacial score (nSPS) is 21.6. The fourth-order valence-electron chi connectivity index (χ4n) is 2.81. The summed E-state index contributed by atoms with van der Waals surface area (Å²) in [6, 6.07) is 18.4. The molecule has 0 aliphatic carbocycles. The zero-order valence-corrected chi connectivity index (χ0v) is 11.8. The van der Waals surface area contributed by atoms with Crippen LogP contribution >= 0.6 is 0 Å². The third-order valence-corrected chi connectivity index (χ3v) is 3.94. The van der Waals surface area contributed by atoms with Gasteiger partial charge in [-0.05, 0) is 5.56 Å². The third-order valence-electron chi connectivity index (χ3n) is 3.94. The van der Waals surface area contributed by atoms with Crippen molar-refractivity contribution in [2.45, 2.75) is 12.0 Å². The number of rotatable bonds is 3. The quantitative estimate of drug-likeness (QED) is 0.810. The second-order valence-electron chi connectivity index (χ2n) is 5.23. The summed E-state index contributed by atoms with van der Waals surface area (Å²) >= 11 is 0. The van der Waals surface area contributed by atoms with E-state index in [1.807, 2.05) is 48.5 Å². The van der Waals surface area contributed by atoms with E-state index in [4.69, 9.17) is 0 Å². The molecule has 1 aliphatic heterocycles. The molecule has 2 atom stereocenters. The first-order valence-electron chi connectivity index (χ1n) is 6.94. The number of Topliss-reactive ketones (excluding diaryl/α,β-unsaturated/α-hetero) is 1. The molecule has 0 bridgehead atoms. The molecular formula is C18H16NO2. The summed E-state index contributed by atoms with van der Waals surface area (Å²) in [5, 5.41) is 0. The average molecular weight is 278 g/mol. The molecule has 2 aromatic rings. The topological polar surface area (TPSA) is 37.4 Å². The van der Waals surface area contributed by atoms with Crippen molar-refractivity contribution in [2.75, 3.05) is 7.05 Å². The van der Waals surface area contributed by atoms with Crippen LogP contribution in [-0.4, -0.2) is 29.7 Å². The lowest BCUT2D eigenvalue weighted by atomic mass is 9.87. The summed E-state index contributed by atoms with van der Waals surface area (Å²) in [4.78, 5) is 26.3. The molecule has 3 heteroatoms. The van der Waals surface area contributed by atoms with Crippen molar-refractivity contribution in [1.82, 2.24) is 4.90 Å². The van der Waals surface area contributed by atoms with Gasteiger partial charge in [0, 0.05) is 18.5 Å². The standard InChI is InChI=1S/C18H16NO2/c1-19-16(20)12-15(13-8-4-2-5-9-13)17(19)18(21)14-10-6-3-7-11-14/h2-12,15,17H,1H3. The Labute approximate surface area is 124 Å². The summed E-state index contributed by atoms with van der Waals surface area (Å²) < 4.78 is 0.